The molecule has 0 aliphatic heterocycles. The van der Waals surface area contributed by atoms with Crippen LogP contribution in [-0.4, -0.2) is 19.8 Å². The summed E-state index contributed by atoms with van der Waals surface area (Å²) in [4.78, 5) is 0. The minimum Gasteiger partial charge on any atom is -0.290 e. The molecule has 4 nitrogen and oxygen atoms in total. The topological polar surface area (TPSA) is 44.8 Å². The second-order valence-electron chi connectivity index (χ2n) is 2.20. The van der Waals surface area contributed by atoms with E-state index in [9.17, 15) is 4.57 Å². The van der Waals surface area contributed by atoms with Crippen LogP contribution in [0.15, 0.2) is 0 Å². The average Bonchev–Trinajstić information content (AvgIpc) is 1.87. The van der Waals surface area contributed by atoms with Crippen LogP contribution in [0.2, 0.25) is 0 Å². The van der Waals surface area contributed by atoms with Crippen LogP contribution in [0.25, 0.3) is 0 Å². The Bertz CT molecular complexity index is 146. The third-order valence-electron chi connectivity index (χ3n) is 0.851. The van der Waals surface area contributed by atoms with Gasteiger partial charge in [0.2, 0.25) is 0 Å². The van der Waals surface area contributed by atoms with Crippen LogP contribution < -0.4 is 0 Å². The summed E-state index contributed by atoms with van der Waals surface area (Å²) < 4.78 is 25.7. The van der Waals surface area contributed by atoms with Crippen LogP contribution in [0.4, 0.5) is 0 Å². The van der Waals surface area contributed by atoms with E-state index in [-0.39, 0.29) is 6.10 Å². The first kappa shape index (κ1) is 11.1. The van der Waals surface area contributed by atoms with Crippen molar-refractivity contribution in [2.45, 2.75) is 26.9 Å². The van der Waals surface area contributed by atoms with E-state index in [1.807, 2.05) is 0 Å². The molecular weight excluding hydrogens is 167 g/mol. The molecule has 5 heteroatoms. The monoisotopic (exact) mass is 182 g/mol. The molecule has 0 aromatic carbocycles. The normalized spacial score (nSPS) is 16.8. The van der Waals surface area contributed by atoms with E-state index in [0.29, 0.717) is 6.61 Å². The molecule has 0 spiro atoms. The highest BCUT2D eigenvalue weighted by atomic mass is 31.2. The fourth-order valence-corrected chi connectivity index (χ4v) is 1.63. The van der Waals surface area contributed by atoms with Crippen LogP contribution in [0.5, 0.6) is 0 Å². The highest BCUT2D eigenvalue weighted by Gasteiger charge is 2.25. The maximum absolute atomic E-state index is 11.3. The average molecular weight is 182 g/mol. The zero-order valence-corrected chi connectivity index (χ0v) is 8.26. The second kappa shape index (κ2) is 4.88. The molecule has 0 N–H and O–H groups in total. The smallest absolute Gasteiger partial charge is 0.290 e. The molecule has 0 aliphatic rings. The maximum Gasteiger partial charge on any atom is 0.474 e. The molecule has 0 amide bonds. The van der Waals surface area contributed by atoms with Gasteiger partial charge in [0.1, 0.15) is 0 Å². The molecule has 0 fully saturated rings. The lowest BCUT2D eigenvalue weighted by molar-refractivity contribution is 0.109. The molecule has 0 saturated heterocycles. The largest absolute Gasteiger partial charge is 0.474 e. The first-order valence-electron chi connectivity index (χ1n) is 3.52. The first-order valence-corrected chi connectivity index (χ1v) is 4.99. The molecule has 0 radical (unpaired) electrons. The summed E-state index contributed by atoms with van der Waals surface area (Å²) in [5.41, 5.74) is 0. The summed E-state index contributed by atoms with van der Waals surface area (Å²) in [5, 5.41) is 0. The summed E-state index contributed by atoms with van der Waals surface area (Å²) in [6.07, 6.45) is -0.160. The van der Waals surface area contributed by atoms with Crippen molar-refractivity contribution in [3.63, 3.8) is 0 Å². The Morgan fingerprint density at radius 1 is 1.45 bits per heavy atom. The van der Waals surface area contributed by atoms with Crippen molar-refractivity contribution in [1.29, 1.82) is 0 Å². The van der Waals surface area contributed by atoms with E-state index in [1.54, 1.807) is 20.8 Å². The Kier molecular flexibility index (Phi) is 4.93. The predicted octanol–water partition coefficient (Wildman–Crippen LogP) is 2.20. The second-order valence-corrected chi connectivity index (χ2v) is 3.93. The SMILES string of the molecule is CCO[P@@](=O)(OC)OC(C)C. The molecule has 0 aromatic heterocycles. The highest BCUT2D eigenvalue weighted by molar-refractivity contribution is 7.48. The molecule has 0 saturated carbocycles. The lowest BCUT2D eigenvalue weighted by atomic mass is 10.5. The predicted molar refractivity (Wildman–Crippen MR) is 42.5 cm³/mol. The van der Waals surface area contributed by atoms with Crippen molar-refractivity contribution in [2.24, 2.45) is 0 Å². The van der Waals surface area contributed by atoms with Gasteiger partial charge in [0, 0.05) is 7.11 Å². The summed E-state index contributed by atoms with van der Waals surface area (Å²) >= 11 is 0. The number of rotatable bonds is 5. The lowest BCUT2D eigenvalue weighted by Crippen LogP contribution is -2.04. The molecule has 68 valence electrons. The lowest BCUT2D eigenvalue weighted by Gasteiger charge is -2.16. The van der Waals surface area contributed by atoms with Gasteiger partial charge in [-0.25, -0.2) is 4.57 Å². The molecule has 0 aliphatic carbocycles. The van der Waals surface area contributed by atoms with Crippen molar-refractivity contribution in [2.75, 3.05) is 13.7 Å². The van der Waals surface area contributed by atoms with Crippen molar-refractivity contribution in [3.8, 4) is 0 Å². The molecule has 0 aromatic rings. The van der Waals surface area contributed by atoms with Gasteiger partial charge < -0.3 is 0 Å². The fraction of sp³-hybridized carbons (Fsp3) is 1.00. The third kappa shape index (κ3) is 4.53. The van der Waals surface area contributed by atoms with E-state index >= 15 is 0 Å². The van der Waals surface area contributed by atoms with Gasteiger partial charge in [0.05, 0.1) is 12.7 Å². The van der Waals surface area contributed by atoms with Crippen molar-refractivity contribution >= 4 is 7.82 Å². The summed E-state index contributed by atoms with van der Waals surface area (Å²) in [6.45, 7) is 5.59. The van der Waals surface area contributed by atoms with Crippen molar-refractivity contribution in [1.82, 2.24) is 0 Å². The van der Waals surface area contributed by atoms with E-state index in [4.69, 9.17) is 9.05 Å². The summed E-state index contributed by atoms with van der Waals surface area (Å²) in [6, 6.07) is 0. The van der Waals surface area contributed by atoms with Gasteiger partial charge in [-0.05, 0) is 20.8 Å². The highest BCUT2D eigenvalue weighted by Crippen LogP contribution is 2.49. The van der Waals surface area contributed by atoms with Gasteiger partial charge in [-0.1, -0.05) is 0 Å². The van der Waals surface area contributed by atoms with Crippen LogP contribution in [0, 0.1) is 0 Å². The summed E-state index contributed by atoms with van der Waals surface area (Å²) in [5.74, 6) is 0. The molecule has 11 heavy (non-hydrogen) atoms. The Hall–Kier alpha value is 0.110. The number of hydrogen-bond acceptors (Lipinski definition) is 4. The number of phosphoric acid groups is 1. The van der Waals surface area contributed by atoms with Gasteiger partial charge in [-0.2, -0.15) is 0 Å². The number of phosphoric ester groups is 1. The molecule has 0 rings (SSSR count). The van der Waals surface area contributed by atoms with E-state index < -0.39 is 7.82 Å². The van der Waals surface area contributed by atoms with Gasteiger partial charge in [0.15, 0.2) is 0 Å². The van der Waals surface area contributed by atoms with E-state index in [1.165, 1.54) is 7.11 Å². The van der Waals surface area contributed by atoms with Gasteiger partial charge in [0.25, 0.3) is 0 Å². The van der Waals surface area contributed by atoms with Crippen LogP contribution in [-0.2, 0) is 18.1 Å². The molecule has 0 unspecified atom stereocenters. The Balaban J connectivity index is 4.00. The third-order valence-corrected chi connectivity index (χ3v) is 2.55. The molecule has 0 heterocycles. The van der Waals surface area contributed by atoms with Gasteiger partial charge >= 0.3 is 7.82 Å². The molecule has 1 atom stereocenters. The summed E-state index contributed by atoms with van der Waals surface area (Å²) in [7, 11) is -1.95. The zero-order valence-electron chi connectivity index (χ0n) is 7.36. The first-order chi connectivity index (χ1) is 5.04. The minimum atomic E-state index is -3.26. The Morgan fingerprint density at radius 2 is 2.00 bits per heavy atom. The quantitative estimate of drug-likeness (QED) is 0.611. The Morgan fingerprint density at radius 3 is 2.27 bits per heavy atom. The Labute approximate surface area is 67.5 Å². The van der Waals surface area contributed by atoms with Crippen LogP contribution >= 0.6 is 7.82 Å². The zero-order chi connectivity index (χ0) is 8.91. The van der Waals surface area contributed by atoms with Gasteiger partial charge in [-0.3, -0.25) is 13.6 Å². The van der Waals surface area contributed by atoms with Gasteiger partial charge in [-0.15, -0.1) is 0 Å². The van der Waals surface area contributed by atoms with E-state index in [0.717, 1.165) is 0 Å². The van der Waals surface area contributed by atoms with Crippen molar-refractivity contribution in [3.05, 3.63) is 0 Å². The standard InChI is InChI=1S/C6H15O4P/c1-5-9-11(7,8-4)10-6(2)3/h6H,5H2,1-4H3/t11-/m1/s1. The number of hydrogen-bond donors (Lipinski definition) is 0. The fourth-order valence-electron chi connectivity index (χ4n) is 0.542. The van der Waals surface area contributed by atoms with Crippen LogP contribution in [0.1, 0.15) is 20.8 Å². The van der Waals surface area contributed by atoms with Crippen molar-refractivity contribution < 1.29 is 18.1 Å². The molecule has 0 bridgehead atoms. The maximum atomic E-state index is 11.3. The van der Waals surface area contributed by atoms with E-state index in [2.05, 4.69) is 4.52 Å². The van der Waals surface area contributed by atoms with Crippen LogP contribution in [0.3, 0.4) is 0 Å². The minimum absolute atomic E-state index is 0.160. The molecular formula is C6H15O4P.